The van der Waals surface area contributed by atoms with Gasteiger partial charge in [-0.2, -0.15) is 0 Å². The van der Waals surface area contributed by atoms with Gasteiger partial charge in [0.1, 0.15) is 12.1 Å². The number of hydrogen-bond acceptors (Lipinski definition) is 4. The Morgan fingerprint density at radius 1 is 1.12 bits per heavy atom. The van der Waals surface area contributed by atoms with Gasteiger partial charge in [-0.15, -0.1) is 0 Å². The van der Waals surface area contributed by atoms with E-state index in [1.54, 1.807) is 12.1 Å². The maximum Gasteiger partial charge on any atom is 0.326 e. The zero-order valence-corrected chi connectivity index (χ0v) is 14.9. The molecule has 138 valence electrons. The van der Waals surface area contributed by atoms with E-state index < -0.39 is 29.9 Å². The molecule has 1 rings (SSSR count). The van der Waals surface area contributed by atoms with E-state index in [4.69, 9.17) is 16.7 Å². The van der Waals surface area contributed by atoms with Gasteiger partial charge < -0.3 is 20.8 Å². The van der Waals surface area contributed by atoms with Crippen molar-refractivity contribution in [2.24, 2.45) is 5.92 Å². The summed E-state index contributed by atoms with van der Waals surface area (Å²) in [5, 5.41) is 24.0. The second-order valence-corrected chi connectivity index (χ2v) is 6.57. The van der Waals surface area contributed by atoms with Gasteiger partial charge in [0.15, 0.2) is 0 Å². The van der Waals surface area contributed by atoms with E-state index in [2.05, 4.69) is 10.6 Å². The molecule has 0 radical (unpaired) electrons. The van der Waals surface area contributed by atoms with Crippen molar-refractivity contribution in [3.8, 4) is 0 Å². The zero-order chi connectivity index (χ0) is 19.0. The number of carboxylic acid groups (broad SMARTS) is 2. The second-order valence-electron chi connectivity index (χ2n) is 6.14. The largest absolute Gasteiger partial charge is 0.480 e. The molecule has 4 N–H and O–H groups in total. The van der Waals surface area contributed by atoms with Crippen LogP contribution in [0.25, 0.3) is 0 Å². The number of benzene rings is 1. The highest BCUT2D eigenvalue weighted by Gasteiger charge is 2.23. The van der Waals surface area contributed by atoms with Crippen LogP contribution in [0.4, 0.5) is 0 Å². The maximum absolute atomic E-state index is 12.1. The monoisotopic (exact) mass is 370 g/mol. The predicted molar refractivity (Wildman–Crippen MR) is 93.8 cm³/mol. The number of carbonyl (C=O) groups excluding carboxylic acids is 1. The summed E-state index contributed by atoms with van der Waals surface area (Å²) in [6, 6.07) is 4.29. The van der Waals surface area contributed by atoms with Gasteiger partial charge in [0.25, 0.3) is 5.91 Å². The van der Waals surface area contributed by atoms with Crippen LogP contribution in [0, 0.1) is 5.92 Å². The Bertz CT molecular complexity index is 621. The number of nitrogens with one attached hydrogen (secondary N) is 2. The van der Waals surface area contributed by atoms with Gasteiger partial charge in [-0.25, -0.2) is 4.79 Å². The van der Waals surface area contributed by atoms with E-state index in [1.165, 1.54) is 12.1 Å². The topological polar surface area (TPSA) is 116 Å². The number of carboxylic acids is 2. The van der Waals surface area contributed by atoms with E-state index in [-0.39, 0.29) is 24.4 Å². The number of halogens is 1. The fourth-order valence-electron chi connectivity index (χ4n) is 2.27. The lowest BCUT2D eigenvalue weighted by Gasteiger charge is -2.19. The van der Waals surface area contributed by atoms with Gasteiger partial charge in [0, 0.05) is 10.6 Å². The molecule has 8 heteroatoms. The molecule has 2 unspecified atom stereocenters. The van der Waals surface area contributed by atoms with Crippen molar-refractivity contribution >= 4 is 29.4 Å². The molecule has 0 aliphatic heterocycles. The van der Waals surface area contributed by atoms with Crippen LogP contribution in [0.15, 0.2) is 24.3 Å². The van der Waals surface area contributed by atoms with Gasteiger partial charge in [-0.3, -0.25) is 9.59 Å². The first-order chi connectivity index (χ1) is 11.7. The van der Waals surface area contributed by atoms with Crippen LogP contribution in [0.1, 0.15) is 37.0 Å². The van der Waals surface area contributed by atoms with Crippen LogP contribution in [0.3, 0.4) is 0 Å². The first kappa shape index (κ1) is 20.9. The molecular formula is C17H23ClN2O5. The van der Waals surface area contributed by atoms with E-state index in [0.29, 0.717) is 11.4 Å². The van der Waals surface area contributed by atoms with Crippen LogP contribution in [-0.2, 0) is 9.59 Å². The van der Waals surface area contributed by atoms with Crippen LogP contribution in [0.2, 0.25) is 5.02 Å². The van der Waals surface area contributed by atoms with Crippen molar-refractivity contribution < 1.29 is 24.6 Å². The van der Waals surface area contributed by atoms with Gasteiger partial charge in [0.2, 0.25) is 0 Å². The highest BCUT2D eigenvalue weighted by atomic mass is 35.5. The molecule has 25 heavy (non-hydrogen) atoms. The minimum Gasteiger partial charge on any atom is -0.480 e. The van der Waals surface area contributed by atoms with Crippen molar-refractivity contribution in [2.75, 3.05) is 6.54 Å². The van der Waals surface area contributed by atoms with Crippen molar-refractivity contribution in [2.45, 2.75) is 38.8 Å². The Kier molecular flexibility index (Phi) is 8.37. The van der Waals surface area contributed by atoms with Crippen molar-refractivity contribution in [3.05, 3.63) is 34.9 Å². The van der Waals surface area contributed by atoms with E-state index >= 15 is 0 Å². The molecule has 7 nitrogen and oxygen atoms in total. The average Bonchev–Trinajstić information content (AvgIpc) is 2.52. The first-order valence-electron chi connectivity index (χ1n) is 7.96. The molecule has 0 fully saturated rings. The third-order valence-electron chi connectivity index (χ3n) is 3.52. The number of amides is 1. The highest BCUT2D eigenvalue weighted by Crippen LogP contribution is 2.11. The van der Waals surface area contributed by atoms with E-state index in [0.717, 1.165) is 0 Å². The summed E-state index contributed by atoms with van der Waals surface area (Å²) in [5.74, 6) is -2.53. The highest BCUT2D eigenvalue weighted by molar-refractivity contribution is 6.30. The molecule has 1 aromatic rings. The van der Waals surface area contributed by atoms with Crippen LogP contribution in [-0.4, -0.2) is 46.7 Å². The Morgan fingerprint density at radius 2 is 1.76 bits per heavy atom. The van der Waals surface area contributed by atoms with Crippen LogP contribution in [0.5, 0.6) is 0 Å². The Hall–Kier alpha value is -2.12. The van der Waals surface area contributed by atoms with Crippen molar-refractivity contribution in [3.63, 3.8) is 0 Å². The third kappa shape index (κ3) is 7.53. The molecule has 0 spiro atoms. The lowest BCUT2D eigenvalue weighted by Crippen LogP contribution is -2.45. The van der Waals surface area contributed by atoms with Gasteiger partial charge in [-0.1, -0.05) is 31.5 Å². The second kappa shape index (κ2) is 10.0. The van der Waals surface area contributed by atoms with Crippen molar-refractivity contribution in [1.29, 1.82) is 0 Å². The maximum atomic E-state index is 12.1. The molecule has 2 atom stereocenters. The summed E-state index contributed by atoms with van der Waals surface area (Å²) in [4.78, 5) is 34.6. The lowest BCUT2D eigenvalue weighted by molar-refractivity contribution is -0.140. The minimum absolute atomic E-state index is 0.0590. The molecular weight excluding hydrogens is 348 g/mol. The van der Waals surface area contributed by atoms with Crippen molar-refractivity contribution in [1.82, 2.24) is 10.6 Å². The molecule has 1 amide bonds. The quantitative estimate of drug-likeness (QED) is 0.500. The summed E-state index contributed by atoms with van der Waals surface area (Å²) in [6.07, 6.45) is 0.492. The van der Waals surface area contributed by atoms with Crippen LogP contribution < -0.4 is 10.6 Å². The van der Waals surface area contributed by atoms with Gasteiger partial charge in [-0.05, 0) is 43.5 Å². The molecule has 0 saturated carbocycles. The Labute approximate surface area is 151 Å². The molecule has 1 aromatic carbocycles. The van der Waals surface area contributed by atoms with Gasteiger partial charge in [0.05, 0.1) is 0 Å². The summed E-state index contributed by atoms with van der Waals surface area (Å²) < 4.78 is 0. The smallest absolute Gasteiger partial charge is 0.326 e. The zero-order valence-electron chi connectivity index (χ0n) is 14.2. The normalized spacial score (nSPS) is 13.3. The molecule has 0 heterocycles. The number of carbonyl (C=O) groups is 3. The summed E-state index contributed by atoms with van der Waals surface area (Å²) in [5.41, 5.74) is 0.259. The first-order valence-corrected chi connectivity index (χ1v) is 8.34. The Morgan fingerprint density at radius 3 is 2.28 bits per heavy atom. The van der Waals surface area contributed by atoms with Crippen LogP contribution >= 0.6 is 11.6 Å². The van der Waals surface area contributed by atoms with E-state index in [1.807, 2.05) is 13.8 Å². The number of hydrogen-bond donors (Lipinski definition) is 4. The average molecular weight is 371 g/mol. The number of rotatable bonds is 10. The predicted octanol–water partition coefficient (Wildman–Crippen LogP) is 2.00. The molecule has 0 aliphatic carbocycles. The molecule has 0 aromatic heterocycles. The fourth-order valence-corrected chi connectivity index (χ4v) is 2.46. The molecule has 0 aliphatic rings. The lowest BCUT2D eigenvalue weighted by atomic mass is 10.0. The summed E-state index contributed by atoms with van der Waals surface area (Å²) >= 11 is 5.82. The molecule has 0 bridgehead atoms. The van der Waals surface area contributed by atoms with Gasteiger partial charge >= 0.3 is 11.9 Å². The summed E-state index contributed by atoms with van der Waals surface area (Å²) in [6.45, 7) is 3.96. The molecule has 0 saturated heterocycles. The SMILES string of the molecule is CC(C)CC(NCCC(NC(=O)c1cccc(Cl)c1)C(=O)O)C(=O)O. The standard InChI is InChI=1S/C17H23ClN2O5/c1-10(2)8-14(17(24)25)19-7-6-13(16(22)23)20-15(21)11-4-3-5-12(18)9-11/h3-5,9-10,13-14,19H,6-8H2,1-2H3,(H,20,21)(H,22,23)(H,24,25). The van der Waals surface area contributed by atoms with E-state index in [9.17, 15) is 19.5 Å². The Balaban J connectivity index is 2.61. The summed E-state index contributed by atoms with van der Waals surface area (Å²) in [7, 11) is 0. The number of aliphatic carboxylic acids is 2. The fraction of sp³-hybridized carbons (Fsp3) is 0.471. The minimum atomic E-state index is -1.19. The third-order valence-corrected chi connectivity index (χ3v) is 3.75.